The minimum Gasteiger partial charge on any atom is -0.460 e. The Morgan fingerprint density at radius 1 is 1.29 bits per heavy atom. The summed E-state index contributed by atoms with van der Waals surface area (Å²) in [5.41, 5.74) is 0.544. The lowest BCUT2D eigenvalue weighted by Crippen LogP contribution is -2.07. The minimum atomic E-state index is -0.793. The van der Waals surface area contributed by atoms with Crippen LogP contribution in [0.15, 0.2) is 24.3 Å². The molecule has 1 rings (SSSR count). The molecule has 17 heavy (non-hydrogen) atoms. The second-order valence-corrected chi connectivity index (χ2v) is 3.54. The lowest BCUT2D eigenvalue weighted by Gasteiger charge is -2.02. The van der Waals surface area contributed by atoms with E-state index in [1.54, 1.807) is 0 Å². The Morgan fingerprint density at radius 3 is 2.35 bits per heavy atom. The molecule has 90 valence electrons. The van der Waals surface area contributed by atoms with Gasteiger partial charge in [-0.05, 0) is 29.3 Å². The lowest BCUT2D eigenvalue weighted by atomic mass is 10.2. The molecule has 0 saturated heterocycles. The molecular formula is C10H8ClNO5. The summed E-state index contributed by atoms with van der Waals surface area (Å²) >= 11 is 5.00. The second kappa shape index (κ2) is 5.95. The van der Waals surface area contributed by atoms with E-state index >= 15 is 0 Å². The molecule has 0 saturated carbocycles. The van der Waals surface area contributed by atoms with Gasteiger partial charge in [-0.15, -0.1) is 0 Å². The highest BCUT2D eigenvalue weighted by Gasteiger charge is 2.09. The van der Waals surface area contributed by atoms with Crippen molar-refractivity contribution >= 4 is 28.5 Å². The molecule has 0 heterocycles. The third-order valence-corrected chi connectivity index (χ3v) is 1.96. The van der Waals surface area contributed by atoms with Crippen LogP contribution >= 0.6 is 11.6 Å². The molecule has 0 spiro atoms. The predicted molar refractivity (Wildman–Crippen MR) is 58.4 cm³/mol. The fraction of sp³-hybridized carbons (Fsp3) is 0.200. The molecule has 7 heteroatoms. The number of ether oxygens (including phenoxy) is 1. The van der Waals surface area contributed by atoms with Gasteiger partial charge in [0.2, 0.25) is 5.24 Å². The SMILES string of the molecule is O=C(Cl)CC(=O)OCc1ccc([N+](=O)[O-])cc1. The number of rotatable bonds is 5. The Morgan fingerprint density at radius 2 is 1.88 bits per heavy atom. The van der Waals surface area contributed by atoms with E-state index in [9.17, 15) is 19.7 Å². The Hall–Kier alpha value is -1.95. The summed E-state index contributed by atoms with van der Waals surface area (Å²) in [5.74, 6) is -0.733. The fourth-order valence-electron chi connectivity index (χ4n) is 1.04. The van der Waals surface area contributed by atoms with Crippen LogP contribution in [-0.2, 0) is 20.9 Å². The van der Waals surface area contributed by atoms with Crippen molar-refractivity contribution in [1.82, 2.24) is 0 Å². The van der Waals surface area contributed by atoms with Crippen molar-refractivity contribution in [1.29, 1.82) is 0 Å². The average molecular weight is 258 g/mol. The average Bonchev–Trinajstić information content (AvgIpc) is 2.26. The molecule has 1 aromatic rings. The number of non-ortho nitro benzene ring substituents is 1. The minimum absolute atomic E-state index is 0.0454. The van der Waals surface area contributed by atoms with Gasteiger partial charge < -0.3 is 4.74 Å². The zero-order valence-electron chi connectivity index (χ0n) is 8.59. The predicted octanol–water partition coefficient (Wildman–Crippen LogP) is 1.79. The molecule has 0 atom stereocenters. The van der Waals surface area contributed by atoms with E-state index < -0.39 is 22.6 Å². The van der Waals surface area contributed by atoms with E-state index in [-0.39, 0.29) is 12.3 Å². The molecule has 0 unspecified atom stereocenters. The maximum atomic E-state index is 11.0. The molecular weight excluding hydrogens is 250 g/mol. The van der Waals surface area contributed by atoms with Gasteiger partial charge in [-0.3, -0.25) is 19.7 Å². The van der Waals surface area contributed by atoms with E-state index in [0.29, 0.717) is 5.56 Å². The number of hydrogen-bond acceptors (Lipinski definition) is 5. The fourth-order valence-corrected chi connectivity index (χ4v) is 1.15. The van der Waals surface area contributed by atoms with Gasteiger partial charge in [0, 0.05) is 12.1 Å². The molecule has 0 bridgehead atoms. The zero-order chi connectivity index (χ0) is 12.8. The molecule has 0 aliphatic heterocycles. The zero-order valence-corrected chi connectivity index (χ0v) is 9.35. The molecule has 0 amide bonds. The Bertz CT molecular complexity index is 443. The summed E-state index contributed by atoms with van der Waals surface area (Å²) in [6.07, 6.45) is -0.492. The van der Waals surface area contributed by atoms with E-state index in [1.807, 2.05) is 0 Å². The van der Waals surface area contributed by atoms with Crippen molar-refractivity contribution < 1.29 is 19.2 Å². The number of nitro groups is 1. The molecule has 0 aliphatic carbocycles. The second-order valence-electron chi connectivity index (χ2n) is 3.12. The normalized spacial score (nSPS) is 9.71. The first-order chi connectivity index (χ1) is 7.99. The summed E-state index contributed by atoms with van der Waals surface area (Å²) in [7, 11) is 0. The summed E-state index contributed by atoms with van der Waals surface area (Å²) in [4.78, 5) is 31.2. The van der Waals surface area contributed by atoms with Crippen molar-refractivity contribution in [2.45, 2.75) is 13.0 Å². The van der Waals surface area contributed by atoms with Gasteiger partial charge in [-0.1, -0.05) is 0 Å². The van der Waals surface area contributed by atoms with Gasteiger partial charge in [0.15, 0.2) is 0 Å². The van der Waals surface area contributed by atoms with Gasteiger partial charge in [-0.2, -0.15) is 0 Å². The van der Waals surface area contributed by atoms with Gasteiger partial charge in [0.05, 0.1) is 4.92 Å². The van der Waals surface area contributed by atoms with Crippen LogP contribution in [0.1, 0.15) is 12.0 Å². The number of hydrogen-bond donors (Lipinski definition) is 0. The van der Waals surface area contributed by atoms with E-state index in [4.69, 9.17) is 16.3 Å². The van der Waals surface area contributed by atoms with Gasteiger partial charge >= 0.3 is 5.97 Å². The quantitative estimate of drug-likeness (QED) is 0.264. The summed E-state index contributed by atoms with van der Waals surface area (Å²) in [6.45, 7) is -0.0546. The number of esters is 1. The maximum absolute atomic E-state index is 11.0. The number of carbonyl (C=O) groups is 2. The first-order valence-corrected chi connectivity index (χ1v) is 4.94. The van der Waals surface area contributed by atoms with Crippen LogP contribution in [0.2, 0.25) is 0 Å². The van der Waals surface area contributed by atoms with Crippen molar-refractivity contribution in [2.75, 3.05) is 0 Å². The summed E-state index contributed by atoms with van der Waals surface area (Å²) < 4.78 is 4.73. The lowest BCUT2D eigenvalue weighted by molar-refractivity contribution is -0.384. The van der Waals surface area contributed by atoms with Crippen molar-refractivity contribution in [3.63, 3.8) is 0 Å². The monoisotopic (exact) mass is 257 g/mol. The molecule has 0 fully saturated rings. The number of halogens is 1. The first kappa shape index (κ1) is 13.1. The number of carbonyl (C=O) groups excluding carboxylic acids is 2. The molecule has 6 nitrogen and oxygen atoms in total. The highest BCUT2D eigenvalue weighted by atomic mass is 35.5. The third-order valence-electron chi connectivity index (χ3n) is 1.83. The maximum Gasteiger partial charge on any atom is 0.314 e. The standard InChI is InChI=1S/C10H8ClNO5/c11-9(13)5-10(14)17-6-7-1-3-8(4-2-7)12(15)16/h1-4H,5-6H2. The van der Waals surface area contributed by atoms with Crippen LogP contribution in [-0.4, -0.2) is 16.1 Å². The van der Waals surface area contributed by atoms with Gasteiger partial charge in [0.1, 0.15) is 13.0 Å². The van der Waals surface area contributed by atoms with E-state index in [2.05, 4.69) is 0 Å². The Labute approximate surface area is 101 Å². The highest BCUT2D eigenvalue weighted by molar-refractivity contribution is 6.64. The van der Waals surface area contributed by atoms with Crippen LogP contribution in [0.5, 0.6) is 0 Å². The molecule has 0 aliphatic rings. The number of nitrogens with zero attached hydrogens (tertiary/aromatic N) is 1. The third kappa shape index (κ3) is 4.60. The van der Waals surface area contributed by atoms with Crippen LogP contribution in [0, 0.1) is 10.1 Å². The van der Waals surface area contributed by atoms with Crippen molar-refractivity contribution in [3.05, 3.63) is 39.9 Å². The summed E-state index contributed by atoms with van der Waals surface area (Å²) in [6, 6.07) is 5.54. The van der Waals surface area contributed by atoms with Crippen LogP contribution < -0.4 is 0 Å². The summed E-state index contributed by atoms with van der Waals surface area (Å²) in [5, 5.41) is 9.57. The van der Waals surface area contributed by atoms with E-state index in [0.717, 1.165) is 0 Å². The van der Waals surface area contributed by atoms with Crippen LogP contribution in [0.25, 0.3) is 0 Å². The van der Waals surface area contributed by atoms with Crippen molar-refractivity contribution in [3.8, 4) is 0 Å². The molecule has 1 aromatic carbocycles. The smallest absolute Gasteiger partial charge is 0.314 e. The van der Waals surface area contributed by atoms with Gasteiger partial charge in [-0.25, -0.2) is 0 Å². The molecule has 0 aromatic heterocycles. The first-order valence-electron chi connectivity index (χ1n) is 4.56. The number of benzene rings is 1. The topological polar surface area (TPSA) is 86.5 Å². The number of nitro benzene ring substituents is 1. The van der Waals surface area contributed by atoms with Crippen molar-refractivity contribution in [2.24, 2.45) is 0 Å². The van der Waals surface area contributed by atoms with Gasteiger partial charge in [0.25, 0.3) is 5.69 Å². The largest absolute Gasteiger partial charge is 0.460 e. The Kier molecular flexibility index (Phi) is 4.59. The Balaban J connectivity index is 2.50. The molecule has 0 radical (unpaired) electrons. The molecule has 0 N–H and O–H groups in total. The van der Waals surface area contributed by atoms with Crippen LogP contribution in [0.4, 0.5) is 5.69 Å². The highest BCUT2D eigenvalue weighted by Crippen LogP contribution is 2.12. The van der Waals surface area contributed by atoms with E-state index in [1.165, 1.54) is 24.3 Å². The van der Waals surface area contributed by atoms with Crippen LogP contribution in [0.3, 0.4) is 0 Å².